The van der Waals surface area contributed by atoms with Crippen LogP contribution in [0.2, 0.25) is 0 Å². The molecule has 0 atom stereocenters. The summed E-state index contributed by atoms with van der Waals surface area (Å²) in [6.45, 7) is 3.06. The molecule has 0 fully saturated rings. The largest absolute Gasteiger partial charge is 0.494 e. The van der Waals surface area contributed by atoms with Crippen molar-refractivity contribution >= 4 is 12.6 Å². The van der Waals surface area contributed by atoms with E-state index in [0.717, 1.165) is 18.8 Å². The van der Waals surface area contributed by atoms with E-state index in [-0.39, 0.29) is 0 Å². The van der Waals surface area contributed by atoms with Crippen molar-refractivity contribution in [2.45, 2.75) is 44.8 Å². The Morgan fingerprint density at radius 2 is 1.69 bits per heavy atom. The molecule has 0 aliphatic carbocycles. The number of benzene rings is 1. The van der Waals surface area contributed by atoms with Gasteiger partial charge in [0.25, 0.3) is 0 Å². The lowest BCUT2D eigenvalue weighted by Gasteiger charge is -2.06. The molecular formula is C14H21OS. The number of ether oxygens (including phenoxy) is 1. The molecule has 89 valence electrons. The predicted octanol–water partition coefficient (Wildman–Crippen LogP) is 4.73. The Kier molecular flexibility index (Phi) is 7.15. The zero-order valence-electron chi connectivity index (χ0n) is 10.1. The van der Waals surface area contributed by atoms with Gasteiger partial charge in [-0.05, 0) is 24.1 Å². The Bertz CT molecular complexity index is 269. The lowest BCUT2D eigenvalue weighted by Crippen LogP contribution is -1.97. The maximum absolute atomic E-state index is 5.65. The van der Waals surface area contributed by atoms with Gasteiger partial charge in [0.1, 0.15) is 5.75 Å². The fourth-order valence-electron chi connectivity index (χ4n) is 1.58. The van der Waals surface area contributed by atoms with Gasteiger partial charge >= 0.3 is 0 Å². The van der Waals surface area contributed by atoms with Gasteiger partial charge in [-0.15, -0.1) is 0 Å². The van der Waals surface area contributed by atoms with Crippen LogP contribution in [0.25, 0.3) is 0 Å². The Morgan fingerprint density at radius 3 is 2.31 bits per heavy atom. The molecule has 1 aromatic rings. The van der Waals surface area contributed by atoms with Crippen molar-refractivity contribution < 1.29 is 4.74 Å². The third-order valence-electron chi connectivity index (χ3n) is 2.61. The van der Waals surface area contributed by atoms with Crippen LogP contribution in [0.3, 0.4) is 0 Å². The second-order valence-electron chi connectivity index (χ2n) is 4.05. The number of hydrogen-bond acceptors (Lipinski definition) is 1. The van der Waals surface area contributed by atoms with Crippen molar-refractivity contribution in [3.05, 3.63) is 29.8 Å². The van der Waals surface area contributed by atoms with E-state index in [0.29, 0.717) is 5.75 Å². The highest BCUT2D eigenvalue weighted by Crippen LogP contribution is 2.14. The van der Waals surface area contributed by atoms with E-state index in [9.17, 15) is 0 Å². The van der Waals surface area contributed by atoms with Crippen LogP contribution in [0.4, 0.5) is 0 Å². The van der Waals surface area contributed by atoms with E-state index in [2.05, 4.69) is 6.92 Å². The predicted molar refractivity (Wildman–Crippen MR) is 72.0 cm³/mol. The van der Waals surface area contributed by atoms with Crippen molar-refractivity contribution in [2.24, 2.45) is 0 Å². The third-order valence-corrected chi connectivity index (χ3v) is 2.94. The average molecular weight is 237 g/mol. The molecule has 1 radical (unpaired) electrons. The van der Waals surface area contributed by atoms with Gasteiger partial charge in [-0.1, -0.05) is 57.4 Å². The molecule has 0 spiro atoms. The van der Waals surface area contributed by atoms with Crippen molar-refractivity contribution in [2.75, 3.05) is 6.61 Å². The minimum atomic E-state index is 0.678. The van der Waals surface area contributed by atoms with Crippen LogP contribution in [0, 0.1) is 0 Å². The molecule has 0 heterocycles. The third kappa shape index (κ3) is 5.45. The van der Waals surface area contributed by atoms with Gasteiger partial charge in [-0.25, -0.2) is 0 Å². The maximum atomic E-state index is 5.65. The van der Waals surface area contributed by atoms with E-state index in [4.69, 9.17) is 17.4 Å². The van der Waals surface area contributed by atoms with Crippen molar-refractivity contribution in [3.63, 3.8) is 0 Å². The molecule has 0 saturated heterocycles. The fourth-order valence-corrected chi connectivity index (χ4v) is 1.77. The summed E-state index contributed by atoms with van der Waals surface area (Å²) in [7, 11) is 0. The average Bonchev–Trinajstić information content (AvgIpc) is 2.34. The number of unbranched alkanes of at least 4 members (excludes halogenated alkanes) is 4. The normalized spacial score (nSPS) is 10.4. The summed E-state index contributed by atoms with van der Waals surface area (Å²) < 4.78 is 5.65. The second-order valence-corrected chi connectivity index (χ2v) is 4.34. The van der Waals surface area contributed by atoms with Crippen LogP contribution < -0.4 is 4.74 Å². The monoisotopic (exact) mass is 237 g/mol. The highest BCUT2D eigenvalue weighted by Gasteiger charge is 1.94. The fraction of sp³-hybridized carbons (Fsp3) is 0.571. The summed E-state index contributed by atoms with van der Waals surface area (Å²) in [4.78, 5) is 0. The van der Waals surface area contributed by atoms with E-state index >= 15 is 0 Å². The smallest absolute Gasteiger partial charge is 0.119 e. The molecule has 0 amide bonds. The van der Waals surface area contributed by atoms with Crippen LogP contribution in [0.5, 0.6) is 5.75 Å². The molecule has 0 aliphatic rings. The van der Waals surface area contributed by atoms with Crippen molar-refractivity contribution in [3.8, 4) is 5.75 Å². The molecule has 0 bridgehead atoms. The van der Waals surface area contributed by atoms with E-state index in [1.807, 2.05) is 24.3 Å². The van der Waals surface area contributed by atoms with E-state index in [1.165, 1.54) is 31.2 Å². The highest BCUT2D eigenvalue weighted by atomic mass is 32.1. The van der Waals surface area contributed by atoms with Gasteiger partial charge in [0, 0.05) is 5.75 Å². The Hall–Kier alpha value is -0.630. The summed E-state index contributed by atoms with van der Waals surface area (Å²) >= 11 is 4.97. The Balaban J connectivity index is 2.12. The van der Waals surface area contributed by atoms with Crippen molar-refractivity contribution in [1.29, 1.82) is 0 Å². The SMILES string of the molecule is CCCCCCCOc1ccc(C[S])cc1. The summed E-state index contributed by atoms with van der Waals surface area (Å²) in [6.07, 6.45) is 6.40. The van der Waals surface area contributed by atoms with Gasteiger partial charge in [-0.3, -0.25) is 0 Å². The van der Waals surface area contributed by atoms with Crippen molar-refractivity contribution in [1.82, 2.24) is 0 Å². The minimum Gasteiger partial charge on any atom is -0.494 e. The molecule has 2 heteroatoms. The number of hydrogen-bond donors (Lipinski definition) is 0. The van der Waals surface area contributed by atoms with Gasteiger partial charge in [0.05, 0.1) is 6.61 Å². The quantitative estimate of drug-likeness (QED) is 0.594. The summed E-state index contributed by atoms with van der Waals surface area (Å²) in [6, 6.07) is 8.10. The second kappa shape index (κ2) is 8.51. The molecule has 0 saturated carbocycles. The standard InChI is InChI=1S/C14H21OS/c1-2-3-4-5-6-11-15-14-9-7-13(12-16)8-10-14/h7-10H,2-6,11-12H2,1H3. The Labute approximate surface area is 105 Å². The highest BCUT2D eigenvalue weighted by molar-refractivity contribution is 7.79. The van der Waals surface area contributed by atoms with Gasteiger partial charge < -0.3 is 4.74 Å². The lowest BCUT2D eigenvalue weighted by atomic mass is 10.2. The van der Waals surface area contributed by atoms with E-state index < -0.39 is 0 Å². The van der Waals surface area contributed by atoms with Crippen LogP contribution in [0.1, 0.15) is 44.6 Å². The first-order valence-corrected chi connectivity index (χ1v) is 6.74. The van der Waals surface area contributed by atoms with Crippen LogP contribution in [-0.4, -0.2) is 6.61 Å². The molecule has 1 nitrogen and oxygen atoms in total. The zero-order chi connectivity index (χ0) is 11.6. The first-order chi connectivity index (χ1) is 7.86. The maximum Gasteiger partial charge on any atom is 0.119 e. The topological polar surface area (TPSA) is 9.23 Å². The Morgan fingerprint density at radius 1 is 1.00 bits per heavy atom. The van der Waals surface area contributed by atoms with Gasteiger partial charge in [-0.2, -0.15) is 0 Å². The van der Waals surface area contributed by atoms with E-state index in [1.54, 1.807) is 0 Å². The molecule has 0 N–H and O–H groups in total. The molecule has 0 aliphatic heterocycles. The van der Waals surface area contributed by atoms with Gasteiger partial charge in [0.15, 0.2) is 0 Å². The molecule has 0 unspecified atom stereocenters. The van der Waals surface area contributed by atoms with Gasteiger partial charge in [0.2, 0.25) is 0 Å². The van der Waals surface area contributed by atoms with Crippen LogP contribution in [-0.2, 0) is 5.75 Å². The molecule has 1 aromatic carbocycles. The molecule has 1 rings (SSSR count). The van der Waals surface area contributed by atoms with Crippen LogP contribution >= 0.6 is 12.6 Å². The zero-order valence-corrected chi connectivity index (χ0v) is 10.9. The summed E-state index contributed by atoms with van der Waals surface area (Å²) in [5, 5.41) is 0. The lowest BCUT2D eigenvalue weighted by molar-refractivity contribution is 0.304. The summed E-state index contributed by atoms with van der Waals surface area (Å²) in [5.74, 6) is 1.64. The van der Waals surface area contributed by atoms with Crippen LogP contribution in [0.15, 0.2) is 24.3 Å². The number of rotatable bonds is 8. The summed E-state index contributed by atoms with van der Waals surface area (Å²) in [5.41, 5.74) is 1.19. The molecular weight excluding hydrogens is 216 g/mol. The first kappa shape index (κ1) is 13.4. The molecule has 0 aromatic heterocycles. The minimum absolute atomic E-state index is 0.678. The molecule has 16 heavy (non-hydrogen) atoms. The first-order valence-electron chi connectivity index (χ1n) is 6.16.